The summed E-state index contributed by atoms with van der Waals surface area (Å²) < 4.78 is 378. The zero-order valence-electron chi connectivity index (χ0n) is 68.9. The third kappa shape index (κ3) is 74.2. The summed E-state index contributed by atoms with van der Waals surface area (Å²) in [6.07, 6.45) is -1.66. The lowest BCUT2D eigenvalue weighted by Crippen LogP contribution is -2.23. The Balaban J connectivity index is -0.000000480. The van der Waals surface area contributed by atoms with E-state index < -0.39 is 197 Å². The lowest BCUT2D eigenvalue weighted by atomic mass is 10.2. The standard InChI is InChI=1S/C19H18F3NO4S2.C14H16F3NO4S2.2C10H10F3IO2S.C9H9NO2S.C6H5ClO2S.C4H7NO2S.2C3H5N.CH3ClO2S.2CH4/c20-19(21,22)13-5-15-28(24,25)17-11-9-16(10-12-17)6-4-14-23-29(26,27)18-7-2-1-3-8-18;1-23(19,20)18-10-2-4-12-5-7-13(8-6-12)24(21,22)11-3-9-14(15,16)17;2*11-10(12,13)6-1-7-17(15,16)9-4-2-8(14)3-5-9;1-2-8-10-13(11,12)9-6-4-3-5-7-9;7-10(8,9)6-4-2-1-3-5-6;1-3-4-5-8(2,6)7;2*1-2-3-4;1-5(2,3)4;;/h1-3,7-12,23H,5,13-15H2;5-8,18H,3,9-11H2,1H3;2*2-5H,1,6-7H2;1,3-7,10H,8H2;1-5H;1,5H,4H2,2H3;2*1H,3-4H2;1H3;2*1H4. The Labute approximate surface area is 809 Å². The van der Waals surface area contributed by atoms with Crippen molar-refractivity contribution >= 4 is 164 Å². The summed E-state index contributed by atoms with van der Waals surface area (Å²) in [6, 6.07) is 46.5. The second kappa shape index (κ2) is 65.2. The van der Waals surface area contributed by atoms with Gasteiger partial charge in [-0.1, -0.05) is 117 Å². The van der Waals surface area contributed by atoms with Gasteiger partial charge in [0.05, 0.1) is 115 Å². The van der Waals surface area contributed by atoms with Crippen LogP contribution in [-0.2, 0) is 97.5 Å². The van der Waals surface area contributed by atoms with Gasteiger partial charge < -0.3 is 11.5 Å². The Kier molecular flexibility index (Phi) is 65.6. The van der Waals surface area contributed by atoms with Gasteiger partial charge in [0.25, 0.3) is 9.05 Å². The number of alkyl halides is 12. The molecule has 0 aliphatic heterocycles. The van der Waals surface area contributed by atoms with Crippen molar-refractivity contribution in [1.29, 1.82) is 0 Å². The molecule has 0 saturated heterocycles. The molecule has 7 aromatic carbocycles. The van der Waals surface area contributed by atoms with Crippen LogP contribution in [-0.4, -0.2) is 190 Å². The zero-order valence-corrected chi connectivity index (χ0v) is 82.9. The summed E-state index contributed by atoms with van der Waals surface area (Å²) in [4.78, 5) is 0.448. The van der Waals surface area contributed by atoms with Crippen molar-refractivity contribution < 1.29 is 137 Å². The molecule has 52 heteroatoms. The lowest BCUT2D eigenvalue weighted by Gasteiger charge is -2.07. The molecular weight excluding hydrogens is 2250 g/mol. The van der Waals surface area contributed by atoms with Gasteiger partial charge in [0.2, 0.25) is 49.1 Å². The van der Waals surface area contributed by atoms with E-state index >= 15 is 0 Å². The topological polar surface area (TPSA) is 442 Å². The Bertz CT molecular complexity index is 6080. The molecule has 7 aromatic rings. The maximum atomic E-state index is 12.2. The molecule has 0 spiro atoms. The van der Waals surface area contributed by atoms with Crippen LogP contribution in [0, 0.1) is 80.2 Å². The highest BCUT2D eigenvalue weighted by Crippen LogP contribution is 2.28. The van der Waals surface area contributed by atoms with Crippen molar-refractivity contribution in [3.8, 4) is 73.1 Å². The molecule has 0 aliphatic rings. The summed E-state index contributed by atoms with van der Waals surface area (Å²) in [5, 5.41) is 0. The van der Waals surface area contributed by atoms with Crippen LogP contribution in [0.3, 0.4) is 0 Å². The first-order valence-electron chi connectivity index (χ1n) is 35.9. The van der Waals surface area contributed by atoms with Gasteiger partial charge in [0.15, 0.2) is 39.3 Å². The first-order valence-corrected chi connectivity index (χ1v) is 56.4. The molecule has 742 valence electrons. The fraction of sp³-hybridized carbons (Fsp3) is 0.333. The van der Waals surface area contributed by atoms with Gasteiger partial charge in [-0.2, -0.15) is 62.1 Å². The van der Waals surface area contributed by atoms with E-state index in [1.807, 2.05) is 45.2 Å². The van der Waals surface area contributed by atoms with E-state index in [2.05, 4.69) is 89.8 Å². The fourth-order valence-electron chi connectivity index (χ4n) is 7.95. The van der Waals surface area contributed by atoms with Crippen LogP contribution in [0.5, 0.6) is 0 Å². The number of hydrogen-bond acceptors (Lipinski definition) is 22. The van der Waals surface area contributed by atoms with Crippen LogP contribution in [0.4, 0.5) is 52.7 Å². The molecule has 8 N–H and O–H groups in total. The van der Waals surface area contributed by atoms with Crippen LogP contribution < -0.4 is 30.4 Å². The number of hydrogen-bond donors (Lipinski definition) is 6. The second-order valence-corrected chi connectivity index (χ2v) is 48.6. The number of sulfone groups is 4. The smallest absolute Gasteiger partial charge is 0.320 e. The molecule has 0 atom stereocenters. The summed E-state index contributed by atoms with van der Waals surface area (Å²) >= 11 is 4.04. The van der Waals surface area contributed by atoms with E-state index in [1.165, 1.54) is 109 Å². The third-order valence-electron chi connectivity index (χ3n) is 13.7. The highest BCUT2D eigenvalue weighted by atomic mass is 127. The van der Waals surface area contributed by atoms with E-state index in [1.54, 1.807) is 78.9 Å². The summed E-state index contributed by atoms with van der Waals surface area (Å²) in [7, 11) is -25.5. The van der Waals surface area contributed by atoms with Crippen molar-refractivity contribution in [2.45, 2.75) is 125 Å². The first-order chi connectivity index (χ1) is 60.0. The lowest BCUT2D eigenvalue weighted by molar-refractivity contribution is -0.135. The quantitative estimate of drug-likeness (QED) is 0.0120. The van der Waals surface area contributed by atoms with E-state index in [0.29, 0.717) is 24.2 Å². The van der Waals surface area contributed by atoms with Crippen molar-refractivity contribution in [2.24, 2.45) is 11.5 Å². The molecule has 0 amide bonds. The predicted octanol–water partition coefficient (Wildman–Crippen LogP) is 13.6. The van der Waals surface area contributed by atoms with Gasteiger partial charge in [0.1, 0.15) is 0 Å². The number of halogens is 16. The second-order valence-electron chi connectivity index (χ2n) is 24.8. The fourth-order valence-corrected chi connectivity index (χ4v) is 17.3. The number of nitrogens with two attached hydrogens (primary N) is 2. The van der Waals surface area contributed by atoms with Gasteiger partial charge in [-0.15, -0.1) is 25.7 Å². The van der Waals surface area contributed by atoms with Gasteiger partial charge in [-0.05, 0) is 204 Å². The summed E-state index contributed by atoms with van der Waals surface area (Å²) in [5.41, 5.74) is 10.5. The number of terminal acetylenes is 4. The Hall–Kier alpha value is -7.64. The maximum absolute atomic E-state index is 12.2. The number of nitrogens with one attached hydrogen (secondary N) is 4. The molecular formula is C81H96Cl2F12I2N6O20S10. The molecule has 0 unspecified atom stereocenters. The molecule has 0 aliphatic carbocycles. The largest absolute Gasteiger partial charge is 0.389 e. The van der Waals surface area contributed by atoms with E-state index in [-0.39, 0.29) is 75.3 Å². The maximum Gasteiger partial charge on any atom is 0.389 e. The first kappa shape index (κ1) is 134. The molecule has 0 radical (unpaired) electrons. The number of rotatable bonds is 27. The Morgan fingerprint density at radius 3 is 0.714 bits per heavy atom. The Morgan fingerprint density at radius 1 is 0.316 bits per heavy atom. The van der Waals surface area contributed by atoms with E-state index in [0.717, 1.165) is 25.9 Å². The molecule has 0 heterocycles. The monoisotopic (exact) mass is 2340 g/mol. The minimum Gasteiger partial charge on any atom is -0.320 e. The molecule has 0 saturated carbocycles. The number of sulfonamides is 4. The summed E-state index contributed by atoms with van der Waals surface area (Å²) in [6.45, 7) is 0.543. The van der Waals surface area contributed by atoms with Gasteiger partial charge in [-0.25, -0.2) is 93.6 Å². The zero-order chi connectivity index (χ0) is 101. The van der Waals surface area contributed by atoms with Crippen molar-refractivity contribution in [1.82, 2.24) is 18.9 Å². The average Bonchev–Trinajstić information content (AvgIpc) is 0.857. The minimum absolute atomic E-state index is 0. The van der Waals surface area contributed by atoms with Crippen molar-refractivity contribution in [2.75, 3.05) is 81.0 Å². The summed E-state index contributed by atoms with van der Waals surface area (Å²) in [5.74, 6) is 17.1. The highest BCUT2D eigenvalue weighted by Gasteiger charge is 2.31. The molecule has 133 heavy (non-hydrogen) atoms. The van der Waals surface area contributed by atoms with Crippen molar-refractivity contribution in [3.05, 3.63) is 206 Å². The SMILES string of the molecule is C.C.C#CCN.C#CCN.C#CCNS(=O)(=O)c1ccccc1.C#CCNS(C)(=O)=O.CS(=O)(=O)Cl.CS(=O)(=O)NCC#Cc1ccc(S(=O)(=O)CCCC(F)(F)F)cc1.O=S(=O)(CCCC(F)(F)F)c1ccc(C#CCNS(=O)(=O)c2ccccc2)cc1.O=S(=O)(CCCC(F)(F)F)c1ccc(I)cc1.O=S(=O)(CCCC(F)(F)F)c1ccc(I)cc1.O=S(=O)(Cl)c1ccccc1. The van der Waals surface area contributed by atoms with Gasteiger partial charge in [0, 0.05) is 65.3 Å². The predicted molar refractivity (Wildman–Crippen MR) is 510 cm³/mol. The van der Waals surface area contributed by atoms with Gasteiger partial charge >= 0.3 is 24.7 Å². The van der Waals surface area contributed by atoms with E-state index in [4.69, 9.17) is 35.0 Å². The molecule has 0 aromatic heterocycles. The van der Waals surface area contributed by atoms with Gasteiger partial charge in [-0.3, -0.25) is 0 Å². The molecule has 0 bridgehead atoms. The highest BCUT2D eigenvalue weighted by molar-refractivity contribution is 14.1. The normalized spacial score (nSPS) is 11.4. The minimum atomic E-state index is -4.39. The van der Waals surface area contributed by atoms with Crippen LogP contribution in [0.25, 0.3) is 0 Å². The van der Waals surface area contributed by atoms with E-state index in [9.17, 15) is 137 Å². The third-order valence-corrected chi connectivity index (χ3v) is 27.9. The van der Waals surface area contributed by atoms with Crippen LogP contribution >= 0.6 is 66.5 Å². The average molecular weight is 2350 g/mol. The van der Waals surface area contributed by atoms with Crippen LogP contribution in [0.15, 0.2) is 222 Å². The number of benzene rings is 7. The molecule has 0 fully saturated rings. The van der Waals surface area contributed by atoms with Crippen LogP contribution in [0.2, 0.25) is 0 Å². The Morgan fingerprint density at radius 2 is 0.519 bits per heavy atom. The molecule has 7 rings (SSSR count). The van der Waals surface area contributed by atoms with Crippen molar-refractivity contribution in [3.63, 3.8) is 0 Å². The van der Waals surface area contributed by atoms with Crippen LogP contribution in [0.1, 0.15) is 77.3 Å². The molecule has 26 nitrogen and oxygen atoms in total.